The zero-order valence-electron chi connectivity index (χ0n) is 10.9. The van der Waals surface area contributed by atoms with Gasteiger partial charge in [-0.05, 0) is 19.3 Å². The van der Waals surface area contributed by atoms with Crippen molar-refractivity contribution in [3.63, 3.8) is 0 Å². The highest BCUT2D eigenvalue weighted by Gasteiger charge is 2.47. The van der Waals surface area contributed by atoms with Gasteiger partial charge in [-0.15, -0.1) is 0 Å². The molecule has 1 rings (SSSR count). The third-order valence-corrected chi connectivity index (χ3v) is 3.40. The maximum atomic E-state index is 12.5. The Morgan fingerprint density at radius 3 is 2.47 bits per heavy atom. The summed E-state index contributed by atoms with van der Waals surface area (Å²) in [4.78, 5) is 25.7. The van der Waals surface area contributed by atoms with E-state index < -0.39 is 18.3 Å². The molecule has 0 spiro atoms. The highest BCUT2D eigenvalue weighted by molar-refractivity contribution is 5.99. The quantitative estimate of drug-likeness (QED) is 0.805. The first-order valence-electron chi connectivity index (χ1n) is 6.06. The summed E-state index contributed by atoms with van der Waals surface area (Å²) in [5.74, 6) is -0.389. The minimum Gasteiger partial charge on any atom is -0.340 e. The summed E-state index contributed by atoms with van der Waals surface area (Å²) in [5.41, 5.74) is -0.891. The lowest BCUT2D eigenvalue weighted by atomic mass is 9.88. The average Bonchev–Trinajstić information content (AvgIpc) is 2.25. The van der Waals surface area contributed by atoms with E-state index in [1.165, 1.54) is 4.90 Å². The van der Waals surface area contributed by atoms with Crippen LogP contribution in [0, 0.1) is 5.92 Å². The van der Waals surface area contributed by atoms with Crippen LogP contribution in [0.3, 0.4) is 0 Å². The predicted octanol–water partition coefficient (Wildman–Crippen LogP) is 1.11. The molecule has 1 saturated heterocycles. The van der Waals surface area contributed by atoms with E-state index in [0.29, 0.717) is 6.42 Å². The summed E-state index contributed by atoms with van der Waals surface area (Å²) in [6.07, 6.45) is 0.505. The fourth-order valence-corrected chi connectivity index (χ4v) is 2.22. The van der Waals surface area contributed by atoms with Crippen molar-refractivity contribution in [1.82, 2.24) is 10.2 Å². The van der Waals surface area contributed by atoms with E-state index in [0.717, 1.165) is 0 Å². The van der Waals surface area contributed by atoms with Crippen molar-refractivity contribution in [3.8, 4) is 0 Å². The molecule has 0 aliphatic carbocycles. The Morgan fingerprint density at radius 2 is 2.06 bits per heavy atom. The number of alkyl halides is 1. The molecule has 0 saturated carbocycles. The van der Waals surface area contributed by atoms with Gasteiger partial charge < -0.3 is 10.2 Å². The third kappa shape index (κ3) is 2.42. The first-order valence-corrected chi connectivity index (χ1v) is 6.06. The van der Waals surface area contributed by atoms with Crippen LogP contribution in [-0.2, 0) is 9.59 Å². The Balaban J connectivity index is 3.05. The van der Waals surface area contributed by atoms with Crippen LogP contribution in [0.2, 0.25) is 0 Å². The lowest BCUT2D eigenvalue weighted by Gasteiger charge is -2.45. The molecule has 0 bridgehead atoms. The van der Waals surface area contributed by atoms with Gasteiger partial charge in [-0.25, -0.2) is 4.39 Å². The van der Waals surface area contributed by atoms with E-state index in [1.54, 1.807) is 6.92 Å². The highest BCUT2D eigenvalue weighted by Crippen LogP contribution is 2.24. The molecule has 5 heteroatoms. The van der Waals surface area contributed by atoms with Crippen LogP contribution in [0.1, 0.15) is 34.1 Å². The molecule has 0 aromatic carbocycles. The van der Waals surface area contributed by atoms with Crippen LogP contribution in [0.5, 0.6) is 0 Å². The monoisotopic (exact) mass is 244 g/mol. The fourth-order valence-electron chi connectivity index (χ4n) is 2.22. The number of nitrogens with zero attached hydrogens (tertiary/aromatic N) is 1. The van der Waals surface area contributed by atoms with Crippen LogP contribution in [0.4, 0.5) is 4.39 Å². The molecular weight excluding hydrogens is 223 g/mol. The number of amides is 2. The van der Waals surface area contributed by atoms with E-state index in [-0.39, 0.29) is 24.3 Å². The second-order valence-electron chi connectivity index (χ2n) is 5.05. The van der Waals surface area contributed by atoms with Crippen molar-refractivity contribution in [2.24, 2.45) is 5.92 Å². The lowest BCUT2D eigenvalue weighted by Crippen LogP contribution is -2.70. The first kappa shape index (κ1) is 13.9. The lowest BCUT2D eigenvalue weighted by molar-refractivity contribution is -0.156. The summed E-state index contributed by atoms with van der Waals surface area (Å²) < 4.78 is 12.5. The maximum Gasteiger partial charge on any atom is 0.248 e. The molecule has 98 valence electrons. The Labute approximate surface area is 102 Å². The van der Waals surface area contributed by atoms with Gasteiger partial charge in [-0.2, -0.15) is 0 Å². The molecule has 1 fully saturated rings. The van der Waals surface area contributed by atoms with Gasteiger partial charge in [-0.3, -0.25) is 9.59 Å². The molecule has 2 atom stereocenters. The Kier molecular flexibility index (Phi) is 4.11. The number of piperazine rings is 1. The van der Waals surface area contributed by atoms with Crippen LogP contribution in [-0.4, -0.2) is 41.5 Å². The van der Waals surface area contributed by atoms with Crippen LogP contribution < -0.4 is 5.32 Å². The van der Waals surface area contributed by atoms with Gasteiger partial charge >= 0.3 is 0 Å². The molecule has 1 aliphatic rings. The molecule has 2 unspecified atom stereocenters. The second-order valence-corrected chi connectivity index (χ2v) is 5.05. The van der Waals surface area contributed by atoms with Gasteiger partial charge in [0.15, 0.2) is 0 Å². The van der Waals surface area contributed by atoms with Gasteiger partial charge in [0.05, 0.1) is 0 Å². The zero-order chi connectivity index (χ0) is 13.2. The molecule has 1 aliphatic heterocycles. The number of carbonyl (C=O) groups excluding carboxylic acids is 2. The number of rotatable bonds is 4. The van der Waals surface area contributed by atoms with E-state index >= 15 is 0 Å². The summed E-state index contributed by atoms with van der Waals surface area (Å²) in [5, 5.41) is 2.76. The minimum atomic E-state index is -0.891. The standard InChI is InChI=1S/C12H21FN2O2/c1-5-12(4)11(17)15(7-6-13)9(8(2)3)10(16)14-12/h8-9H,5-7H2,1-4H3,(H,14,16). The Hall–Kier alpha value is -1.13. The van der Waals surface area contributed by atoms with Gasteiger partial charge in [-0.1, -0.05) is 20.8 Å². The van der Waals surface area contributed by atoms with Crippen LogP contribution in [0.15, 0.2) is 0 Å². The van der Waals surface area contributed by atoms with Crippen LogP contribution >= 0.6 is 0 Å². The SMILES string of the molecule is CCC1(C)NC(=O)C(C(C)C)N(CCF)C1=O. The largest absolute Gasteiger partial charge is 0.340 e. The normalized spacial score (nSPS) is 29.8. The molecule has 4 nitrogen and oxygen atoms in total. The topological polar surface area (TPSA) is 49.4 Å². The van der Waals surface area contributed by atoms with Gasteiger partial charge in [0, 0.05) is 6.54 Å². The summed E-state index contributed by atoms with van der Waals surface area (Å²) in [6.45, 7) is 6.61. The van der Waals surface area contributed by atoms with E-state index in [2.05, 4.69) is 5.32 Å². The van der Waals surface area contributed by atoms with Gasteiger partial charge in [0.1, 0.15) is 18.3 Å². The maximum absolute atomic E-state index is 12.5. The summed E-state index contributed by atoms with van der Waals surface area (Å²) in [6, 6.07) is -0.558. The van der Waals surface area contributed by atoms with Crippen molar-refractivity contribution in [2.45, 2.75) is 45.7 Å². The van der Waals surface area contributed by atoms with Crippen LogP contribution in [0.25, 0.3) is 0 Å². The number of halogens is 1. The fraction of sp³-hybridized carbons (Fsp3) is 0.833. The number of nitrogens with one attached hydrogen (secondary N) is 1. The molecule has 0 aromatic heterocycles. The van der Waals surface area contributed by atoms with Gasteiger partial charge in [0.2, 0.25) is 11.8 Å². The number of hydrogen-bond acceptors (Lipinski definition) is 2. The molecular formula is C12H21FN2O2. The molecule has 0 aromatic rings. The molecule has 17 heavy (non-hydrogen) atoms. The highest BCUT2D eigenvalue weighted by atomic mass is 19.1. The molecule has 1 N–H and O–H groups in total. The molecule has 1 heterocycles. The smallest absolute Gasteiger partial charge is 0.248 e. The predicted molar refractivity (Wildman–Crippen MR) is 63.2 cm³/mol. The summed E-state index contributed by atoms with van der Waals surface area (Å²) in [7, 11) is 0. The van der Waals surface area contributed by atoms with Crippen molar-refractivity contribution in [2.75, 3.05) is 13.2 Å². The third-order valence-electron chi connectivity index (χ3n) is 3.40. The minimum absolute atomic E-state index is 0.00924. The number of carbonyl (C=O) groups is 2. The Morgan fingerprint density at radius 1 is 1.47 bits per heavy atom. The van der Waals surface area contributed by atoms with Crippen molar-refractivity contribution < 1.29 is 14.0 Å². The number of hydrogen-bond donors (Lipinski definition) is 1. The van der Waals surface area contributed by atoms with E-state index in [4.69, 9.17) is 0 Å². The first-order chi connectivity index (χ1) is 7.87. The van der Waals surface area contributed by atoms with Crippen molar-refractivity contribution in [1.29, 1.82) is 0 Å². The average molecular weight is 244 g/mol. The zero-order valence-corrected chi connectivity index (χ0v) is 10.9. The van der Waals surface area contributed by atoms with Gasteiger partial charge in [0.25, 0.3) is 0 Å². The van der Waals surface area contributed by atoms with Crippen molar-refractivity contribution >= 4 is 11.8 Å². The molecule has 0 radical (unpaired) electrons. The Bertz CT molecular complexity index is 320. The second kappa shape index (κ2) is 5.02. The van der Waals surface area contributed by atoms with Crippen molar-refractivity contribution in [3.05, 3.63) is 0 Å². The summed E-state index contributed by atoms with van der Waals surface area (Å²) >= 11 is 0. The van der Waals surface area contributed by atoms with E-state index in [1.807, 2.05) is 20.8 Å². The molecule has 2 amide bonds. The van der Waals surface area contributed by atoms with E-state index in [9.17, 15) is 14.0 Å².